The Labute approximate surface area is 203 Å². The molecule has 1 heterocycles. The highest BCUT2D eigenvalue weighted by Crippen LogP contribution is 2.39. The second kappa shape index (κ2) is 11.0. The molecule has 0 radical (unpaired) electrons. The van der Waals surface area contributed by atoms with Crippen molar-refractivity contribution in [3.63, 3.8) is 0 Å². The lowest BCUT2D eigenvalue weighted by molar-refractivity contribution is -0.122. The van der Waals surface area contributed by atoms with Crippen molar-refractivity contribution in [1.29, 1.82) is 0 Å². The molecule has 3 atom stereocenters. The zero-order valence-corrected chi connectivity index (χ0v) is 20.9. The maximum Gasteiger partial charge on any atom is 0.248 e. The molecule has 3 rings (SSSR count). The lowest BCUT2D eigenvalue weighted by Crippen LogP contribution is -2.53. The Morgan fingerprint density at radius 3 is 2.53 bits per heavy atom. The number of primary amides is 1. The predicted molar refractivity (Wildman–Crippen MR) is 136 cm³/mol. The minimum absolute atomic E-state index is 0.0251. The first kappa shape index (κ1) is 25.8. The SMILES string of the molecule is CC(C)C(CN1CCC(C)(c2cccc(C(N)=O)c2)C(C)C1)NC(=O)CCc1ccc(O)cc1. The van der Waals surface area contributed by atoms with Crippen LogP contribution in [-0.4, -0.2) is 47.5 Å². The van der Waals surface area contributed by atoms with Gasteiger partial charge in [0, 0.05) is 31.1 Å². The highest BCUT2D eigenvalue weighted by molar-refractivity contribution is 5.93. The first-order valence-electron chi connectivity index (χ1n) is 12.3. The van der Waals surface area contributed by atoms with Crippen LogP contribution in [0.1, 0.15) is 62.0 Å². The quantitative estimate of drug-likeness (QED) is 0.524. The highest BCUT2D eigenvalue weighted by Gasteiger charge is 2.38. The third kappa shape index (κ3) is 6.38. The molecule has 2 amide bonds. The number of hydrogen-bond donors (Lipinski definition) is 3. The van der Waals surface area contributed by atoms with Crippen LogP contribution in [0.2, 0.25) is 0 Å². The Bertz CT molecular complexity index is 989. The molecule has 1 aliphatic heterocycles. The molecule has 3 unspecified atom stereocenters. The summed E-state index contributed by atoms with van der Waals surface area (Å²) in [6, 6.07) is 14.8. The van der Waals surface area contributed by atoms with Gasteiger partial charge in [-0.15, -0.1) is 0 Å². The maximum atomic E-state index is 12.7. The van der Waals surface area contributed by atoms with Gasteiger partial charge < -0.3 is 21.1 Å². The van der Waals surface area contributed by atoms with Gasteiger partial charge in [0.05, 0.1) is 0 Å². The first-order chi connectivity index (χ1) is 16.1. The van der Waals surface area contributed by atoms with Crippen molar-refractivity contribution in [2.24, 2.45) is 17.6 Å². The van der Waals surface area contributed by atoms with Crippen LogP contribution in [0, 0.1) is 11.8 Å². The summed E-state index contributed by atoms with van der Waals surface area (Å²) in [5.74, 6) is 0.623. The Morgan fingerprint density at radius 1 is 1.21 bits per heavy atom. The van der Waals surface area contributed by atoms with Crippen molar-refractivity contribution < 1.29 is 14.7 Å². The normalized spacial score (nSPS) is 21.9. The van der Waals surface area contributed by atoms with E-state index in [-0.39, 0.29) is 23.1 Å². The van der Waals surface area contributed by atoms with E-state index in [1.54, 1.807) is 18.2 Å². The number of nitrogens with zero attached hydrogens (tertiary/aromatic N) is 1. The summed E-state index contributed by atoms with van der Waals surface area (Å²) in [6.45, 7) is 11.5. The van der Waals surface area contributed by atoms with Gasteiger partial charge in [-0.05, 0) is 72.0 Å². The van der Waals surface area contributed by atoms with E-state index in [9.17, 15) is 14.7 Å². The molecule has 0 saturated carbocycles. The van der Waals surface area contributed by atoms with E-state index in [2.05, 4.69) is 44.0 Å². The molecular formula is C28H39N3O3. The van der Waals surface area contributed by atoms with Crippen molar-refractivity contribution >= 4 is 11.8 Å². The molecule has 1 fully saturated rings. The number of phenols is 1. The van der Waals surface area contributed by atoms with Crippen LogP contribution in [-0.2, 0) is 16.6 Å². The number of carbonyl (C=O) groups excluding carboxylic acids is 2. The number of rotatable bonds is 9. The molecule has 184 valence electrons. The number of piperidine rings is 1. The average molecular weight is 466 g/mol. The van der Waals surface area contributed by atoms with Gasteiger partial charge in [-0.2, -0.15) is 0 Å². The average Bonchev–Trinajstić information content (AvgIpc) is 2.80. The fourth-order valence-electron chi connectivity index (χ4n) is 4.84. The number of nitrogens with two attached hydrogens (primary N) is 1. The minimum Gasteiger partial charge on any atom is -0.508 e. The van der Waals surface area contributed by atoms with Crippen molar-refractivity contribution in [3.8, 4) is 5.75 Å². The third-order valence-electron chi connectivity index (χ3n) is 7.56. The first-order valence-corrected chi connectivity index (χ1v) is 12.3. The van der Waals surface area contributed by atoms with Gasteiger partial charge in [0.1, 0.15) is 5.75 Å². The summed E-state index contributed by atoms with van der Waals surface area (Å²) < 4.78 is 0. The number of hydrogen-bond acceptors (Lipinski definition) is 4. The van der Waals surface area contributed by atoms with Gasteiger partial charge in [0.15, 0.2) is 0 Å². The largest absolute Gasteiger partial charge is 0.508 e. The molecule has 1 aliphatic rings. The number of amides is 2. The fourth-order valence-corrected chi connectivity index (χ4v) is 4.84. The van der Waals surface area contributed by atoms with Gasteiger partial charge in [0.2, 0.25) is 11.8 Å². The fraction of sp³-hybridized carbons (Fsp3) is 0.500. The van der Waals surface area contributed by atoms with Crippen LogP contribution in [0.4, 0.5) is 0 Å². The highest BCUT2D eigenvalue weighted by atomic mass is 16.3. The molecule has 4 N–H and O–H groups in total. The van der Waals surface area contributed by atoms with Gasteiger partial charge in [0.25, 0.3) is 0 Å². The summed E-state index contributed by atoms with van der Waals surface area (Å²) in [6.07, 6.45) is 2.06. The molecule has 6 nitrogen and oxygen atoms in total. The van der Waals surface area contributed by atoms with Crippen LogP contribution in [0.15, 0.2) is 48.5 Å². The van der Waals surface area contributed by atoms with E-state index in [1.165, 1.54) is 5.56 Å². The maximum absolute atomic E-state index is 12.7. The van der Waals surface area contributed by atoms with Gasteiger partial charge in [-0.1, -0.05) is 52.0 Å². The summed E-state index contributed by atoms with van der Waals surface area (Å²) in [5, 5.41) is 12.7. The van der Waals surface area contributed by atoms with Gasteiger partial charge in [-0.25, -0.2) is 0 Å². The Kier molecular flexibility index (Phi) is 8.37. The van der Waals surface area contributed by atoms with E-state index in [0.717, 1.165) is 31.6 Å². The van der Waals surface area contributed by atoms with E-state index < -0.39 is 5.91 Å². The minimum atomic E-state index is -0.392. The molecule has 0 aromatic heterocycles. The Hall–Kier alpha value is -2.86. The number of nitrogens with one attached hydrogen (secondary N) is 1. The van der Waals surface area contributed by atoms with Crippen molar-refractivity contribution in [3.05, 3.63) is 65.2 Å². The predicted octanol–water partition coefficient (Wildman–Crippen LogP) is 3.86. The number of carbonyl (C=O) groups is 2. The molecular weight excluding hydrogens is 426 g/mol. The van der Waals surface area contributed by atoms with Crippen LogP contribution in [0.25, 0.3) is 0 Å². The molecule has 6 heteroatoms. The van der Waals surface area contributed by atoms with Crippen molar-refractivity contribution in [2.75, 3.05) is 19.6 Å². The Balaban J connectivity index is 1.57. The second-order valence-electron chi connectivity index (χ2n) is 10.4. The molecule has 0 spiro atoms. The van der Waals surface area contributed by atoms with Crippen LogP contribution in [0.5, 0.6) is 5.75 Å². The summed E-state index contributed by atoms with van der Waals surface area (Å²) in [7, 11) is 0. The zero-order chi connectivity index (χ0) is 24.9. The number of phenolic OH excluding ortho intramolecular Hbond substituents is 1. The summed E-state index contributed by atoms with van der Waals surface area (Å²) >= 11 is 0. The smallest absolute Gasteiger partial charge is 0.248 e. The number of likely N-dealkylation sites (tertiary alicyclic amines) is 1. The number of aromatic hydroxyl groups is 1. The zero-order valence-electron chi connectivity index (χ0n) is 20.9. The van der Waals surface area contributed by atoms with Crippen LogP contribution < -0.4 is 11.1 Å². The molecule has 34 heavy (non-hydrogen) atoms. The van der Waals surface area contributed by atoms with E-state index in [1.807, 2.05) is 24.3 Å². The van der Waals surface area contributed by atoms with Crippen molar-refractivity contribution in [2.45, 2.75) is 58.4 Å². The summed E-state index contributed by atoms with van der Waals surface area (Å²) in [4.78, 5) is 26.8. The lowest BCUT2D eigenvalue weighted by atomic mass is 9.67. The second-order valence-corrected chi connectivity index (χ2v) is 10.4. The molecule has 1 saturated heterocycles. The van der Waals surface area contributed by atoms with E-state index in [4.69, 9.17) is 5.73 Å². The van der Waals surface area contributed by atoms with Crippen LogP contribution in [0.3, 0.4) is 0 Å². The molecule has 0 aliphatic carbocycles. The van der Waals surface area contributed by atoms with Gasteiger partial charge in [-0.3, -0.25) is 9.59 Å². The monoisotopic (exact) mass is 465 g/mol. The van der Waals surface area contributed by atoms with E-state index in [0.29, 0.717) is 30.2 Å². The van der Waals surface area contributed by atoms with Gasteiger partial charge >= 0.3 is 0 Å². The molecule has 0 bridgehead atoms. The van der Waals surface area contributed by atoms with Crippen LogP contribution >= 0.6 is 0 Å². The van der Waals surface area contributed by atoms with E-state index >= 15 is 0 Å². The molecule has 2 aromatic carbocycles. The lowest BCUT2D eigenvalue weighted by Gasteiger charge is -2.46. The van der Waals surface area contributed by atoms with Crippen molar-refractivity contribution in [1.82, 2.24) is 10.2 Å². The topological polar surface area (TPSA) is 95.7 Å². The summed E-state index contributed by atoms with van der Waals surface area (Å²) in [5.41, 5.74) is 8.24. The number of aryl methyl sites for hydroxylation is 1. The Morgan fingerprint density at radius 2 is 1.91 bits per heavy atom. The number of benzene rings is 2. The molecule has 2 aromatic rings. The standard InChI is InChI=1S/C28H39N3O3/c1-19(2)25(30-26(33)13-10-21-8-11-24(32)12-9-21)18-31-15-14-28(4,20(3)17-31)23-7-5-6-22(16-23)27(29)34/h5-9,11-12,16,19-20,25,32H,10,13-15,17-18H2,1-4H3,(H2,29,34)(H,30,33). The third-order valence-corrected chi connectivity index (χ3v) is 7.56.